The van der Waals surface area contributed by atoms with Crippen LogP contribution in [-0.4, -0.2) is 40.5 Å². The number of nitrogens with zero attached hydrogens (tertiary/aromatic N) is 5. The highest BCUT2D eigenvalue weighted by atomic mass is 32.2. The molecule has 5 rings (SSSR count). The van der Waals surface area contributed by atoms with Crippen LogP contribution in [0.3, 0.4) is 0 Å². The molecule has 3 aromatic heterocycles. The van der Waals surface area contributed by atoms with E-state index in [4.69, 9.17) is 5.73 Å². The lowest BCUT2D eigenvalue weighted by molar-refractivity contribution is 0.687. The van der Waals surface area contributed by atoms with Gasteiger partial charge in [-0.15, -0.1) is 10.2 Å². The minimum atomic E-state index is -1.03. The summed E-state index contributed by atoms with van der Waals surface area (Å²) in [5.74, 6) is 1.23. The highest BCUT2D eigenvalue weighted by Crippen LogP contribution is 2.28. The zero-order chi connectivity index (χ0) is 20.8. The maximum Gasteiger partial charge on any atom is 0.180 e. The van der Waals surface area contributed by atoms with Crippen LogP contribution in [0.25, 0.3) is 39.2 Å². The maximum atomic E-state index is 11.7. The fourth-order valence-electron chi connectivity index (χ4n) is 3.46. The second kappa shape index (κ2) is 7.86. The zero-order valence-electron chi connectivity index (χ0n) is 16.9. The summed E-state index contributed by atoms with van der Waals surface area (Å²) in [5.41, 5.74) is 12.1. The molecule has 5 aromatic rings. The maximum absolute atomic E-state index is 11.7. The van der Waals surface area contributed by atoms with Crippen molar-refractivity contribution in [3.63, 3.8) is 0 Å². The Balaban J connectivity index is 0.00000231. The third-order valence-corrected chi connectivity index (χ3v) is 6.06. The molecule has 1 unspecified atom stereocenters. The fraction of sp³-hybridized carbons (Fsp3) is 0.0909. The van der Waals surface area contributed by atoms with Gasteiger partial charge in [-0.3, -0.25) is 13.6 Å². The van der Waals surface area contributed by atoms with Crippen LogP contribution in [0, 0.1) is 6.92 Å². The molecule has 0 saturated carbocycles. The van der Waals surface area contributed by atoms with Gasteiger partial charge < -0.3 is 11.2 Å². The van der Waals surface area contributed by atoms with Gasteiger partial charge in [0.15, 0.2) is 11.5 Å². The van der Waals surface area contributed by atoms with E-state index in [-0.39, 0.29) is 5.48 Å². The molecule has 0 bridgehead atoms. The molecule has 0 aliphatic heterocycles. The summed E-state index contributed by atoms with van der Waals surface area (Å²) in [6, 6.07) is 15.6. The molecule has 31 heavy (non-hydrogen) atoms. The van der Waals surface area contributed by atoms with Crippen molar-refractivity contribution in [2.45, 2.75) is 11.8 Å². The van der Waals surface area contributed by atoms with E-state index in [1.165, 1.54) is 0 Å². The van der Waals surface area contributed by atoms with Crippen molar-refractivity contribution in [1.82, 2.24) is 24.6 Å². The van der Waals surface area contributed by atoms with Crippen molar-refractivity contribution < 1.29 is 9.69 Å². The average molecular weight is 433 g/mol. The van der Waals surface area contributed by atoms with Gasteiger partial charge in [-0.25, -0.2) is 4.98 Å². The van der Waals surface area contributed by atoms with Crippen LogP contribution in [-0.2, 0) is 10.8 Å². The number of anilines is 1. The molecular weight excluding hydrogens is 412 g/mol. The van der Waals surface area contributed by atoms with E-state index in [0.717, 1.165) is 38.2 Å². The van der Waals surface area contributed by atoms with Crippen LogP contribution in [0.2, 0.25) is 0 Å². The van der Waals surface area contributed by atoms with E-state index in [2.05, 4.69) is 26.2 Å². The summed E-state index contributed by atoms with van der Waals surface area (Å²) in [6.07, 6.45) is 5.15. The molecule has 9 heteroatoms. The van der Waals surface area contributed by atoms with Crippen LogP contribution in [0.5, 0.6) is 0 Å². The molecule has 0 amide bonds. The molecule has 0 radical (unpaired) electrons. The van der Waals surface area contributed by atoms with Crippen LogP contribution >= 0.6 is 0 Å². The molecule has 0 aliphatic carbocycles. The van der Waals surface area contributed by atoms with Crippen LogP contribution in [0.15, 0.2) is 65.8 Å². The summed E-state index contributed by atoms with van der Waals surface area (Å²) in [5, 5.41) is 8.68. The SMILES string of the molecule is Cc1cc(-c2ccc3ncc4nnc(-c5ccc(S(C)=O)cc5)n4c3c2)cnc1N.O. The minimum Gasteiger partial charge on any atom is -0.412 e. The highest BCUT2D eigenvalue weighted by molar-refractivity contribution is 7.84. The van der Waals surface area contributed by atoms with Gasteiger partial charge in [-0.05, 0) is 60.5 Å². The fourth-order valence-corrected chi connectivity index (χ4v) is 3.98. The number of aryl methyl sites for hydroxylation is 1. The Bertz CT molecular complexity index is 1450. The molecule has 3 heterocycles. The van der Waals surface area contributed by atoms with E-state index < -0.39 is 10.8 Å². The number of nitrogens with two attached hydrogens (primary N) is 1. The van der Waals surface area contributed by atoms with E-state index >= 15 is 0 Å². The first-order valence-electron chi connectivity index (χ1n) is 9.31. The minimum absolute atomic E-state index is 0. The van der Waals surface area contributed by atoms with E-state index in [9.17, 15) is 4.21 Å². The molecule has 4 N–H and O–H groups in total. The Hall–Kier alpha value is -3.69. The molecule has 0 fully saturated rings. The van der Waals surface area contributed by atoms with Crippen molar-refractivity contribution in [3.8, 4) is 22.5 Å². The largest absolute Gasteiger partial charge is 0.412 e. The first kappa shape index (κ1) is 20.6. The van der Waals surface area contributed by atoms with Crippen molar-refractivity contribution in [2.75, 3.05) is 12.0 Å². The van der Waals surface area contributed by atoms with Gasteiger partial charge >= 0.3 is 0 Å². The molecule has 0 aliphatic rings. The van der Waals surface area contributed by atoms with Crippen molar-refractivity contribution >= 4 is 33.3 Å². The number of rotatable bonds is 3. The lowest BCUT2D eigenvalue weighted by Crippen LogP contribution is -1.96. The highest BCUT2D eigenvalue weighted by Gasteiger charge is 2.13. The number of hydrogen-bond acceptors (Lipinski definition) is 6. The molecule has 8 nitrogen and oxygen atoms in total. The van der Waals surface area contributed by atoms with Gasteiger partial charge in [-0.1, -0.05) is 6.07 Å². The lowest BCUT2D eigenvalue weighted by Gasteiger charge is -2.09. The van der Waals surface area contributed by atoms with Gasteiger partial charge in [0.2, 0.25) is 0 Å². The number of benzene rings is 2. The summed E-state index contributed by atoms with van der Waals surface area (Å²) in [7, 11) is -1.03. The Labute approximate surface area is 180 Å². The van der Waals surface area contributed by atoms with Gasteiger partial charge in [-0.2, -0.15) is 0 Å². The second-order valence-electron chi connectivity index (χ2n) is 7.08. The van der Waals surface area contributed by atoms with E-state index in [1.54, 1.807) is 18.6 Å². The van der Waals surface area contributed by atoms with Gasteiger partial charge in [0.05, 0.1) is 17.2 Å². The first-order chi connectivity index (χ1) is 14.5. The number of fused-ring (bicyclic) bond motifs is 3. The summed E-state index contributed by atoms with van der Waals surface area (Å²) < 4.78 is 13.7. The third kappa shape index (κ3) is 3.54. The second-order valence-corrected chi connectivity index (χ2v) is 8.46. The molecule has 1 atom stereocenters. The Morgan fingerprint density at radius 1 is 0.903 bits per heavy atom. The molecule has 0 saturated heterocycles. The average Bonchev–Trinajstić information content (AvgIpc) is 3.20. The molecule has 2 aromatic carbocycles. The monoisotopic (exact) mass is 432 g/mol. The first-order valence-corrected chi connectivity index (χ1v) is 10.9. The predicted molar refractivity (Wildman–Crippen MR) is 122 cm³/mol. The lowest BCUT2D eigenvalue weighted by atomic mass is 10.0. The third-order valence-electron chi connectivity index (χ3n) is 5.12. The normalized spacial score (nSPS) is 12.1. The zero-order valence-corrected chi connectivity index (χ0v) is 17.7. The van der Waals surface area contributed by atoms with Crippen LogP contribution < -0.4 is 5.73 Å². The van der Waals surface area contributed by atoms with Gasteiger partial charge in [0, 0.05) is 39.3 Å². The van der Waals surface area contributed by atoms with Crippen molar-refractivity contribution in [3.05, 3.63) is 66.5 Å². The Morgan fingerprint density at radius 2 is 1.65 bits per heavy atom. The van der Waals surface area contributed by atoms with E-state index in [0.29, 0.717) is 17.3 Å². The molecule has 0 spiro atoms. The van der Waals surface area contributed by atoms with Crippen LogP contribution in [0.1, 0.15) is 5.56 Å². The standard InChI is InChI=1S/C22H18N6OS.H2O/c1-13-9-16(11-25-21(13)23)15-5-8-18-19(10-15)28-20(12-24-18)26-27-22(28)14-3-6-17(7-4-14)30(2)29;/h3-12H,1-2H3,(H2,23,25);1H2. The predicted octanol–water partition coefficient (Wildman–Crippen LogP) is 2.81. The molecular formula is C22H20N6O2S. The quantitative estimate of drug-likeness (QED) is 0.466. The molecule has 156 valence electrons. The number of nitrogen functional groups attached to an aromatic ring is 1. The summed E-state index contributed by atoms with van der Waals surface area (Å²) in [6.45, 7) is 1.94. The topological polar surface area (TPSA) is 131 Å². The number of hydrogen-bond donors (Lipinski definition) is 1. The number of aromatic nitrogens is 5. The summed E-state index contributed by atoms with van der Waals surface area (Å²) in [4.78, 5) is 9.57. The van der Waals surface area contributed by atoms with Crippen molar-refractivity contribution in [2.24, 2.45) is 0 Å². The Kier molecular flexibility index (Phi) is 5.22. The smallest absolute Gasteiger partial charge is 0.180 e. The van der Waals surface area contributed by atoms with E-state index in [1.807, 2.05) is 53.8 Å². The van der Waals surface area contributed by atoms with Crippen molar-refractivity contribution in [1.29, 1.82) is 0 Å². The summed E-state index contributed by atoms with van der Waals surface area (Å²) >= 11 is 0. The Morgan fingerprint density at radius 3 is 2.35 bits per heavy atom. The number of pyridine rings is 1. The van der Waals surface area contributed by atoms with Crippen LogP contribution in [0.4, 0.5) is 5.82 Å². The van der Waals surface area contributed by atoms with Gasteiger partial charge in [0.1, 0.15) is 5.82 Å². The van der Waals surface area contributed by atoms with Gasteiger partial charge in [0.25, 0.3) is 0 Å².